The first-order chi connectivity index (χ1) is 23.6. The number of nitrogens with zero attached hydrogens (tertiary/aromatic N) is 1. The van der Waals surface area contributed by atoms with E-state index in [2.05, 4.69) is 127 Å². The zero-order chi connectivity index (χ0) is 31.5. The van der Waals surface area contributed by atoms with Gasteiger partial charge in [0, 0.05) is 49.0 Å². The summed E-state index contributed by atoms with van der Waals surface area (Å²) in [7, 11) is 0. The maximum Gasteiger partial charge on any atom is 0.160 e. The molecule has 5 aromatic carbocycles. The summed E-state index contributed by atoms with van der Waals surface area (Å²) in [5.41, 5.74) is 16.2. The first-order valence-corrected chi connectivity index (χ1v) is 17.3. The van der Waals surface area contributed by atoms with Crippen LogP contribution in [0.4, 0.5) is 0 Å². The Labute approximate surface area is 276 Å². The van der Waals surface area contributed by atoms with Crippen molar-refractivity contribution >= 4 is 72.4 Å². The molecule has 3 aliphatic carbocycles. The van der Waals surface area contributed by atoms with Crippen LogP contribution in [0.25, 0.3) is 83.5 Å². The summed E-state index contributed by atoms with van der Waals surface area (Å²) in [4.78, 5) is 0. The molecule has 3 aliphatic rings. The molecular weight excluding hydrogens is 587 g/mol. The second-order valence-electron chi connectivity index (χ2n) is 14.7. The van der Waals surface area contributed by atoms with E-state index in [1.54, 1.807) is 0 Å². The van der Waals surface area contributed by atoms with E-state index in [0.717, 1.165) is 58.1 Å². The van der Waals surface area contributed by atoms with Crippen molar-refractivity contribution in [3.8, 4) is 11.1 Å². The maximum atomic E-state index is 6.79. The molecule has 3 nitrogen and oxygen atoms in total. The predicted octanol–water partition coefficient (Wildman–Crippen LogP) is 11.0. The van der Waals surface area contributed by atoms with Gasteiger partial charge >= 0.3 is 0 Å². The lowest BCUT2D eigenvalue weighted by Gasteiger charge is -2.24. The largest absolute Gasteiger partial charge is 0.454 e. The van der Waals surface area contributed by atoms with Crippen molar-refractivity contribution in [2.45, 2.75) is 44.4 Å². The number of fused-ring (bicyclic) bond motifs is 17. The molecule has 0 amide bonds. The molecule has 4 heterocycles. The number of hydrogen-bond donors (Lipinski definition) is 0. The Kier molecular flexibility index (Phi) is 4.51. The Morgan fingerprint density at radius 1 is 0.667 bits per heavy atom. The average Bonchev–Trinajstić information content (AvgIpc) is 3.90. The van der Waals surface area contributed by atoms with Crippen LogP contribution in [-0.2, 0) is 18.3 Å². The molecule has 0 N–H and O–H groups in total. The fraction of sp³-hybridized carbons (Fsp3) is 0.156. The van der Waals surface area contributed by atoms with Crippen LogP contribution >= 0.6 is 0 Å². The molecule has 48 heavy (non-hydrogen) atoms. The summed E-state index contributed by atoms with van der Waals surface area (Å²) < 4.78 is 16.0. The van der Waals surface area contributed by atoms with Gasteiger partial charge in [-0.05, 0) is 70.9 Å². The summed E-state index contributed by atoms with van der Waals surface area (Å²) in [6.45, 7) is 4.75. The highest BCUT2D eigenvalue weighted by Gasteiger charge is 2.36. The average molecular weight is 618 g/mol. The monoisotopic (exact) mass is 617 g/mol. The molecule has 12 rings (SSSR count). The van der Waals surface area contributed by atoms with Crippen molar-refractivity contribution in [3.05, 3.63) is 136 Å². The minimum Gasteiger partial charge on any atom is -0.454 e. The zero-order valence-electron chi connectivity index (χ0n) is 26.9. The first kappa shape index (κ1) is 25.5. The molecule has 0 radical (unpaired) electrons. The van der Waals surface area contributed by atoms with Gasteiger partial charge in [0.1, 0.15) is 11.3 Å². The van der Waals surface area contributed by atoms with Crippen LogP contribution < -0.4 is 5.22 Å². The van der Waals surface area contributed by atoms with Gasteiger partial charge in [0.2, 0.25) is 0 Å². The van der Waals surface area contributed by atoms with Crippen LogP contribution in [-0.4, -0.2) is 4.40 Å². The molecule has 0 fully saturated rings. The van der Waals surface area contributed by atoms with Crippen LogP contribution in [0.5, 0.6) is 0 Å². The molecule has 228 valence electrons. The second kappa shape index (κ2) is 8.48. The number of allylic oxidation sites excluding steroid dienone is 1. The molecule has 0 spiro atoms. The van der Waals surface area contributed by atoms with Gasteiger partial charge in [-0.1, -0.05) is 105 Å². The lowest BCUT2D eigenvalue weighted by atomic mass is 9.79. The quantitative estimate of drug-likeness (QED) is 0.183. The van der Waals surface area contributed by atoms with Crippen molar-refractivity contribution < 1.29 is 8.83 Å². The number of para-hydroxylation sites is 1. The van der Waals surface area contributed by atoms with Gasteiger partial charge in [-0.15, -0.1) is 0 Å². The SMILES string of the molecule is CC1(C)c2ccccc2-c2ccc(C3C=c4c5ccc6c7ccccc7oc6c5n5c4c(c4ccc6c7c(oc6c45)C=CCC7)C3)cc21. The number of furan rings is 2. The number of benzene rings is 5. The van der Waals surface area contributed by atoms with E-state index < -0.39 is 0 Å². The Morgan fingerprint density at radius 3 is 2.40 bits per heavy atom. The summed E-state index contributed by atoms with van der Waals surface area (Å²) in [5, 5.41) is 7.39. The van der Waals surface area contributed by atoms with E-state index in [-0.39, 0.29) is 11.3 Å². The highest BCUT2D eigenvalue weighted by atomic mass is 16.3. The number of aryl methyl sites for hydroxylation is 1. The minimum atomic E-state index is -0.0315. The van der Waals surface area contributed by atoms with E-state index in [1.165, 1.54) is 71.4 Å². The molecule has 9 aromatic rings. The van der Waals surface area contributed by atoms with Gasteiger partial charge in [0.05, 0.1) is 16.6 Å². The molecule has 0 aliphatic heterocycles. The second-order valence-corrected chi connectivity index (χ2v) is 14.7. The molecule has 1 atom stereocenters. The van der Waals surface area contributed by atoms with Gasteiger partial charge in [0.15, 0.2) is 11.2 Å². The Morgan fingerprint density at radius 2 is 1.44 bits per heavy atom. The minimum absolute atomic E-state index is 0.0315. The summed E-state index contributed by atoms with van der Waals surface area (Å²) in [6, 6.07) is 33.9. The third kappa shape index (κ3) is 2.94. The fourth-order valence-electron chi connectivity index (χ4n) is 9.74. The molecule has 0 saturated carbocycles. The molecule has 1 unspecified atom stereocenters. The summed E-state index contributed by atoms with van der Waals surface area (Å²) >= 11 is 0. The Bertz CT molecular complexity index is 3010. The van der Waals surface area contributed by atoms with Crippen molar-refractivity contribution in [1.29, 1.82) is 0 Å². The Balaban J connectivity index is 1.19. The fourth-order valence-corrected chi connectivity index (χ4v) is 9.74. The smallest absolute Gasteiger partial charge is 0.160 e. The van der Waals surface area contributed by atoms with E-state index in [1.807, 2.05) is 0 Å². The van der Waals surface area contributed by atoms with Gasteiger partial charge in [-0.25, -0.2) is 0 Å². The van der Waals surface area contributed by atoms with E-state index >= 15 is 0 Å². The van der Waals surface area contributed by atoms with Gasteiger partial charge in [-0.3, -0.25) is 0 Å². The third-order valence-electron chi connectivity index (χ3n) is 12.0. The van der Waals surface area contributed by atoms with Gasteiger partial charge < -0.3 is 13.2 Å². The normalized spacial score (nSPS) is 17.6. The lowest BCUT2D eigenvalue weighted by Crippen LogP contribution is -2.17. The highest BCUT2D eigenvalue weighted by molar-refractivity contribution is 6.20. The number of aromatic nitrogens is 1. The molecule has 3 heteroatoms. The van der Waals surface area contributed by atoms with Crippen LogP contribution in [0.1, 0.15) is 59.8 Å². The van der Waals surface area contributed by atoms with Crippen molar-refractivity contribution in [1.82, 2.24) is 4.40 Å². The lowest BCUT2D eigenvalue weighted by molar-refractivity contribution is 0.597. The molecular formula is C45H31NO2. The third-order valence-corrected chi connectivity index (χ3v) is 12.0. The number of rotatable bonds is 1. The van der Waals surface area contributed by atoms with Crippen molar-refractivity contribution in [2.75, 3.05) is 0 Å². The number of hydrogen-bond acceptors (Lipinski definition) is 2. The standard InChI is InChI=1S/C45H31NO2/c1-45(2)36-12-6-3-9-26(36)27-16-15-24(23-37(27)45)25-21-34-30-17-19-32-28-10-4-7-13-38(28)47-43(32)41(30)46-40(34)35(22-25)31-18-20-33-29-11-5-8-14-39(29)48-44(33)42(31)46/h3-4,6-10,12-21,23,25H,5,11,22H2,1-2H3. The topological polar surface area (TPSA) is 30.7 Å². The molecule has 4 aromatic heterocycles. The van der Waals surface area contributed by atoms with Crippen LogP contribution in [0.15, 0.2) is 106 Å². The first-order valence-electron chi connectivity index (χ1n) is 17.3. The van der Waals surface area contributed by atoms with Gasteiger partial charge in [0.25, 0.3) is 0 Å². The molecule has 0 bridgehead atoms. The van der Waals surface area contributed by atoms with Crippen LogP contribution in [0.2, 0.25) is 0 Å². The van der Waals surface area contributed by atoms with Crippen LogP contribution in [0.3, 0.4) is 0 Å². The Hall–Kier alpha value is -5.54. The zero-order valence-corrected chi connectivity index (χ0v) is 26.9. The summed E-state index contributed by atoms with van der Waals surface area (Å²) in [6.07, 6.45) is 9.95. The highest BCUT2D eigenvalue weighted by Crippen LogP contribution is 2.50. The predicted molar refractivity (Wildman–Crippen MR) is 197 cm³/mol. The molecule has 0 saturated heterocycles. The van der Waals surface area contributed by atoms with Crippen LogP contribution in [0, 0.1) is 0 Å². The van der Waals surface area contributed by atoms with E-state index in [0.29, 0.717) is 0 Å². The maximum absolute atomic E-state index is 6.79. The van der Waals surface area contributed by atoms with Crippen molar-refractivity contribution in [2.24, 2.45) is 0 Å². The van der Waals surface area contributed by atoms with Crippen molar-refractivity contribution in [3.63, 3.8) is 0 Å². The van der Waals surface area contributed by atoms with Gasteiger partial charge in [-0.2, -0.15) is 0 Å². The summed E-state index contributed by atoms with van der Waals surface area (Å²) in [5.74, 6) is 1.25. The van der Waals surface area contributed by atoms with E-state index in [9.17, 15) is 0 Å². The van der Waals surface area contributed by atoms with E-state index in [4.69, 9.17) is 8.83 Å².